The molecule has 0 aliphatic carbocycles. The average Bonchev–Trinajstić information content (AvgIpc) is 2.54. The Labute approximate surface area is 146 Å². The summed E-state index contributed by atoms with van der Waals surface area (Å²) in [5.74, 6) is -0.686. The molecule has 25 heavy (non-hydrogen) atoms. The zero-order valence-electron chi connectivity index (χ0n) is 13.8. The average molecular weight is 360 g/mol. The molecule has 0 unspecified atom stereocenters. The number of hydrogen-bond acceptors (Lipinski definition) is 4. The third-order valence-corrected chi connectivity index (χ3v) is 4.51. The fourth-order valence-corrected chi connectivity index (χ4v) is 2.82. The molecule has 0 N–H and O–H groups in total. The number of carbonyl (C=O) groups excluding carboxylic acids is 1. The van der Waals surface area contributed by atoms with E-state index in [1.165, 1.54) is 43.3 Å². The van der Waals surface area contributed by atoms with Crippen molar-refractivity contribution in [2.75, 3.05) is 6.26 Å². The Morgan fingerprint density at radius 1 is 1.16 bits per heavy atom. The summed E-state index contributed by atoms with van der Waals surface area (Å²) in [6, 6.07) is 11.4. The summed E-state index contributed by atoms with van der Waals surface area (Å²) in [4.78, 5) is 12.2. The second-order valence-electron chi connectivity index (χ2n) is 5.36. The number of halogens is 1. The summed E-state index contributed by atoms with van der Waals surface area (Å²) in [5, 5.41) is 0. The minimum Gasteiger partial charge on any atom is -0.453 e. The number of hydrogen-bond donors (Lipinski definition) is 0. The van der Waals surface area contributed by atoms with Crippen molar-refractivity contribution >= 4 is 21.2 Å². The maximum Gasteiger partial charge on any atom is 0.195 e. The lowest BCUT2D eigenvalue weighted by Crippen LogP contribution is -2.08. The van der Waals surface area contributed by atoms with Crippen molar-refractivity contribution in [3.63, 3.8) is 0 Å². The molecule has 0 saturated carbocycles. The van der Waals surface area contributed by atoms with Crippen LogP contribution in [0.15, 0.2) is 71.8 Å². The van der Waals surface area contributed by atoms with Crippen molar-refractivity contribution < 1.29 is 22.3 Å². The molecule has 0 bridgehead atoms. The van der Waals surface area contributed by atoms with Crippen LogP contribution in [0.25, 0.3) is 5.57 Å². The van der Waals surface area contributed by atoms with Crippen LogP contribution in [0.4, 0.5) is 4.39 Å². The lowest BCUT2D eigenvalue weighted by Gasteiger charge is -2.12. The Kier molecular flexibility index (Phi) is 5.54. The van der Waals surface area contributed by atoms with E-state index in [2.05, 4.69) is 6.58 Å². The van der Waals surface area contributed by atoms with Gasteiger partial charge in [0.1, 0.15) is 11.6 Å². The molecule has 2 aromatic carbocycles. The fourth-order valence-electron chi connectivity index (χ4n) is 2.19. The highest BCUT2D eigenvalue weighted by Gasteiger charge is 2.15. The molecular weight excluding hydrogens is 343 g/mol. The zero-order valence-corrected chi connectivity index (χ0v) is 14.6. The number of benzene rings is 2. The van der Waals surface area contributed by atoms with Gasteiger partial charge in [0.2, 0.25) is 0 Å². The second kappa shape index (κ2) is 7.44. The first kappa shape index (κ1) is 18.6. The van der Waals surface area contributed by atoms with Crippen LogP contribution in [-0.4, -0.2) is 20.5 Å². The summed E-state index contributed by atoms with van der Waals surface area (Å²) in [7, 11) is -3.32. The SMILES string of the molecule is C=C/C(=C(/Oc1cccc(F)c1)C(C)=O)c1ccc(S(C)(=O)=O)cc1. The van der Waals surface area contributed by atoms with Crippen LogP contribution in [0.3, 0.4) is 0 Å². The molecule has 2 rings (SSSR count). The lowest BCUT2D eigenvalue weighted by molar-refractivity contribution is -0.115. The number of ether oxygens (including phenoxy) is 1. The second-order valence-corrected chi connectivity index (χ2v) is 7.37. The van der Waals surface area contributed by atoms with Gasteiger partial charge in [-0.25, -0.2) is 12.8 Å². The summed E-state index contributed by atoms with van der Waals surface area (Å²) >= 11 is 0. The van der Waals surface area contributed by atoms with Gasteiger partial charge >= 0.3 is 0 Å². The first-order valence-electron chi connectivity index (χ1n) is 7.34. The molecule has 0 amide bonds. The van der Waals surface area contributed by atoms with Gasteiger partial charge in [-0.3, -0.25) is 4.79 Å². The van der Waals surface area contributed by atoms with E-state index >= 15 is 0 Å². The number of allylic oxidation sites excluding steroid dienone is 3. The Morgan fingerprint density at radius 2 is 1.80 bits per heavy atom. The molecule has 0 fully saturated rings. The molecule has 0 heterocycles. The van der Waals surface area contributed by atoms with Crippen molar-refractivity contribution in [2.24, 2.45) is 0 Å². The van der Waals surface area contributed by atoms with E-state index < -0.39 is 15.7 Å². The third-order valence-electron chi connectivity index (χ3n) is 3.38. The number of sulfone groups is 1. The Balaban J connectivity index is 2.51. The van der Waals surface area contributed by atoms with Gasteiger partial charge in [0.05, 0.1) is 4.90 Å². The summed E-state index contributed by atoms with van der Waals surface area (Å²) in [6.45, 7) is 5.01. The van der Waals surface area contributed by atoms with Gasteiger partial charge in [-0.1, -0.05) is 30.9 Å². The molecule has 130 valence electrons. The molecule has 0 aromatic heterocycles. The predicted molar refractivity (Wildman–Crippen MR) is 94.4 cm³/mol. The quantitative estimate of drug-likeness (QED) is 0.447. The molecule has 4 nitrogen and oxygen atoms in total. The minimum atomic E-state index is -3.32. The van der Waals surface area contributed by atoms with Crippen molar-refractivity contribution in [3.05, 3.63) is 78.3 Å². The van der Waals surface area contributed by atoms with Gasteiger partial charge in [0.15, 0.2) is 21.4 Å². The minimum absolute atomic E-state index is 0.00675. The lowest BCUT2D eigenvalue weighted by atomic mass is 10.0. The van der Waals surface area contributed by atoms with Crippen molar-refractivity contribution in [1.82, 2.24) is 0 Å². The molecule has 6 heteroatoms. The number of Topliss-reactive ketones (excluding diaryl/α,β-unsaturated/α-hetero) is 1. The first-order chi connectivity index (χ1) is 11.7. The van der Waals surface area contributed by atoms with Crippen LogP contribution in [-0.2, 0) is 14.6 Å². The first-order valence-corrected chi connectivity index (χ1v) is 9.23. The monoisotopic (exact) mass is 360 g/mol. The molecule has 0 aliphatic rings. The molecule has 0 saturated heterocycles. The van der Waals surface area contributed by atoms with Crippen LogP contribution in [0.2, 0.25) is 0 Å². The standard InChI is InChI=1S/C19H17FO4S/c1-4-18(14-8-10-17(11-9-14)25(3,22)23)19(13(2)21)24-16-7-5-6-15(20)12-16/h4-12H,1H2,2-3H3/b19-18-. The van der Waals surface area contributed by atoms with Gasteiger partial charge in [-0.2, -0.15) is 0 Å². The maximum absolute atomic E-state index is 13.3. The highest BCUT2D eigenvalue weighted by molar-refractivity contribution is 7.90. The zero-order chi connectivity index (χ0) is 18.6. The van der Waals surface area contributed by atoms with E-state index in [4.69, 9.17) is 4.74 Å². The van der Waals surface area contributed by atoms with Crippen LogP contribution in [0, 0.1) is 5.82 Å². The molecule has 0 spiro atoms. The summed E-state index contributed by atoms with van der Waals surface area (Å²) in [5.41, 5.74) is 0.945. The highest BCUT2D eigenvalue weighted by Crippen LogP contribution is 2.25. The number of rotatable bonds is 6. The van der Waals surface area contributed by atoms with Gasteiger partial charge in [-0.05, 0) is 29.8 Å². The molecule has 0 radical (unpaired) electrons. The van der Waals surface area contributed by atoms with Crippen LogP contribution in [0.5, 0.6) is 5.75 Å². The van der Waals surface area contributed by atoms with Gasteiger partial charge < -0.3 is 4.74 Å². The van der Waals surface area contributed by atoms with Crippen molar-refractivity contribution in [3.8, 4) is 5.75 Å². The van der Waals surface area contributed by atoms with E-state index in [0.717, 1.165) is 12.3 Å². The van der Waals surface area contributed by atoms with Crippen LogP contribution in [0.1, 0.15) is 12.5 Å². The van der Waals surface area contributed by atoms with Gasteiger partial charge in [0, 0.05) is 24.8 Å². The van der Waals surface area contributed by atoms with E-state index in [1.54, 1.807) is 12.1 Å². The van der Waals surface area contributed by atoms with Crippen LogP contribution >= 0.6 is 0 Å². The Bertz CT molecular complexity index is 942. The summed E-state index contributed by atoms with van der Waals surface area (Å²) in [6.07, 6.45) is 2.55. The molecule has 2 aromatic rings. The van der Waals surface area contributed by atoms with Crippen LogP contribution < -0.4 is 4.74 Å². The summed E-state index contributed by atoms with van der Waals surface area (Å²) < 4.78 is 42.0. The molecule has 0 aliphatic heterocycles. The third kappa shape index (κ3) is 4.64. The fraction of sp³-hybridized carbons (Fsp3) is 0.105. The molecule has 0 atom stereocenters. The number of ketones is 1. The van der Waals surface area contributed by atoms with E-state index in [9.17, 15) is 17.6 Å². The maximum atomic E-state index is 13.3. The molecular formula is C19H17FO4S. The highest BCUT2D eigenvalue weighted by atomic mass is 32.2. The van der Waals surface area contributed by atoms with Crippen molar-refractivity contribution in [2.45, 2.75) is 11.8 Å². The van der Waals surface area contributed by atoms with Gasteiger partial charge in [-0.15, -0.1) is 0 Å². The van der Waals surface area contributed by atoms with E-state index in [-0.39, 0.29) is 22.2 Å². The van der Waals surface area contributed by atoms with Crippen molar-refractivity contribution in [1.29, 1.82) is 0 Å². The van der Waals surface area contributed by atoms with E-state index in [0.29, 0.717) is 11.1 Å². The normalized spacial score (nSPS) is 12.3. The Morgan fingerprint density at radius 3 is 2.28 bits per heavy atom. The predicted octanol–water partition coefficient (Wildman–Crippen LogP) is 3.79. The van der Waals surface area contributed by atoms with E-state index in [1.807, 2.05) is 0 Å². The Hall–Kier alpha value is -2.73. The largest absolute Gasteiger partial charge is 0.453 e. The van der Waals surface area contributed by atoms with Gasteiger partial charge in [0.25, 0.3) is 0 Å². The number of carbonyl (C=O) groups is 1. The smallest absolute Gasteiger partial charge is 0.195 e. The topological polar surface area (TPSA) is 60.4 Å².